The van der Waals surface area contributed by atoms with Crippen LogP contribution in [0.4, 0.5) is 11.4 Å². The Kier molecular flexibility index (Phi) is 5.88. The number of benzene rings is 2. The molecule has 2 aromatic carbocycles. The van der Waals surface area contributed by atoms with Crippen molar-refractivity contribution in [3.05, 3.63) is 57.0 Å². The van der Waals surface area contributed by atoms with Gasteiger partial charge in [0.05, 0.1) is 15.7 Å². The third-order valence-electron chi connectivity index (χ3n) is 3.02. The lowest BCUT2D eigenvalue weighted by atomic mass is 10.2. The summed E-state index contributed by atoms with van der Waals surface area (Å²) in [5.74, 6) is -0.978. The van der Waals surface area contributed by atoms with Gasteiger partial charge in [-0.05, 0) is 36.8 Å². The molecule has 2 N–H and O–H groups in total. The summed E-state index contributed by atoms with van der Waals surface area (Å²) in [6, 6.07) is 9.98. The van der Waals surface area contributed by atoms with Crippen LogP contribution in [0, 0.1) is 6.92 Å². The predicted molar refractivity (Wildman–Crippen MR) is 94.5 cm³/mol. The second-order valence-electron chi connectivity index (χ2n) is 4.83. The highest BCUT2D eigenvalue weighted by atomic mass is 35.5. The summed E-state index contributed by atoms with van der Waals surface area (Å²) in [6.07, 6.45) is -0.368. The summed E-state index contributed by atoms with van der Waals surface area (Å²) >= 11 is 17.8. The molecule has 0 spiro atoms. The van der Waals surface area contributed by atoms with Gasteiger partial charge in [-0.15, -0.1) is 0 Å². The summed E-state index contributed by atoms with van der Waals surface area (Å²) in [4.78, 5) is 23.9. The van der Waals surface area contributed by atoms with Crippen LogP contribution in [0.1, 0.15) is 12.0 Å². The zero-order valence-corrected chi connectivity index (χ0v) is 14.4. The normalized spacial score (nSPS) is 10.3. The number of hydrogen-bond donors (Lipinski definition) is 2. The van der Waals surface area contributed by atoms with Crippen molar-refractivity contribution in [3.8, 4) is 0 Å². The summed E-state index contributed by atoms with van der Waals surface area (Å²) in [6.45, 7) is 1.83. The Labute approximate surface area is 148 Å². The zero-order chi connectivity index (χ0) is 17.0. The molecule has 0 atom stereocenters. The minimum atomic E-state index is -0.516. The van der Waals surface area contributed by atoms with Gasteiger partial charge in [0, 0.05) is 10.7 Å². The number of anilines is 2. The first-order chi connectivity index (χ1) is 10.9. The van der Waals surface area contributed by atoms with E-state index in [9.17, 15) is 9.59 Å². The predicted octanol–water partition coefficient (Wildman–Crippen LogP) is 4.92. The first-order valence-electron chi connectivity index (χ1n) is 6.66. The number of aryl methyl sites for hydroxylation is 1. The molecule has 4 nitrogen and oxygen atoms in total. The molecule has 0 heterocycles. The minimum Gasteiger partial charge on any atom is -0.325 e. The van der Waals surface area contributed by atoms with E-state index in [0.717, 1.165) is 5.56 Å². The fourth-order valence-corrected chi connectivity index (χ4v) is 2.53. The molecule has 0 aliphatic heterocycles. The fourth-order valence-electron chi connectivity index (χ4n) is 1.87. The van der Waals surface area contributed by atoms with Gasteiger partial charge in [-0.3, -0.25) is 9.59 Å². The van der Waals surface area contributed by atoms with Crippen molar-refractivity contribution in [2.45, 2.75) is 13.3 Å². The molecule has 7 heteroatoms. The van der Waals surface area contributed by atoms with E-state index in [-0.39, 0.29) is 12.1 Å². The summed E-state index contributed by atoms with van der Waals surface area (Å²) in [5, 5.41) is 6.28. The summed E-state index contributed by atoms with van der Waals surface area (Å²) in [5.41, 5.74) is 1.69. The first-order valence-corrected chi connectivity index (χ1v) is 7.80. The van der Waals surface area contributed by atoms with Crippen LogP contribution in [0.2, 0.25) is 15.1 Å². The number of hydrogen-bond acceptors (Lipinski definition) is 2. The highest BCUT2D eigenvalue weighted by Crippen LogP contribution is 2.29. The molecule has 2 rings (SSSR count). The van der Waals surface area contributed by atoms with Crippen molar-refractivity contribution < 1.29 is 9.59 Å². The number of carbonyl (C=O) groups excluding carboxylic acids is 2. The Hall–Kier alpha value is -1.75. The number of halogens is 3. The van der Waals surface area contributed by atoms with Crippen LogP contribution in [0.5, 0.6) is 0 Å². The Bertz CT molecular complexity index is 743. The average Bonchev–Trinajstić information content (AvgIpc) is 2.47. The number of amides is 2. The van der Waals surface area contributed by atoms with Gasteiger partial charge < -0.3 is 10.6 Å². The Morgan fingerprint density at radius 2 is 1.57 bits per heavy atom. The standard InChI is InChI=1S/C16H13Cl3N2O2/c1-9-5-6-10(17)7-13(9)20-14(22)8-15(23)21-16-11(18)3-2-4-12(16)19/h2-7H,8H2,1H3,(H,20,22)(H,21,23). The fraction of sp³-hybridized carbons (Fsp3) is 0.125. The van der Waals surface area contributed by atoms with Crippen molar-refractivity contribution in [1.29, 1.82) is 0 Å². The van der Waals surface area contributed by atoms with E-state index >= 15 is 0 Å². The van der Waals surface area contributed by atoms with Crippen LogP contribution in [-0.2, 0) is 9.59 Å². The molecule has 0 radical (unpaired) electrons. The molecule has 120 valence electrons. The lowest BCUT2D eigenvalue weighted by Crippen LogP contribution is -2.22. The SMILES string of the molecule is Cc1ccc(Cl)cc1NC(=O)CC(=O)Nc1c(Cl)cccc1Cl. The lowest BCUT2D eigenvalue weighted by molar-refractivity contribution is -0.123. The van der Waals surface area contributed by atoms with Crippen LogP contribution in [0.25, 0.3) is 0 Å². The molecule has 0 bridgehead atoms. The van der Waals surface area contributed by atoms with Gasteiger partial charge in [-0.25, -0.2) is 0 Å². The molecule has 0 aliphatic carbocycles. The van der Waals surface area contributed by atoms with Crippen molar-refractivity contribution in [3.63, 3.8) is 0 Å². The van der Waals surface area contributed by atoms with Crippen LogP contribution < -0.4 is 10.6 Å². The third kappa shape index (κ3) is 4.86. The second-order valence-corrected chi connectivity index (χ2v) is 6.08. The molecule has 2 aromatic rings. The van der Waals surface area contributed by atoms with Crippen LogP contribution in [0.3, 0.4) is 0 Å². The molecule has 0 aliphatic rings. The van der Waals surface area contributed by atoms with Crippen molar-refractivity contribution >= 4 is 58.0 Å². The maximum atomic E-state index is 12.0. The lowest BCUT2D eigenvalue weighted by Gasteiger charge is -2.11. The van der Waals surface area contributed by atoms with E-state index in [0.29, 0.717) is 20.8 Å². The van der Waals surface area contributed by atoms with Gasteiger partial charge in [0.2, 0.25) is 11.8 Å². The highest BCUT2D eigenvalue weighted by Gasteiger charge is 2.14. The quantitative estimate of drug-likeness (QED) is 0.749. The largest absolute Gasteiger partial charge is 0.325 e. The number of nitrogens with one attached hydrogen (secondary N) is 2. The van der Waals surface area contributed by atoms with E-state index < -0.39 is 11.8 Å². The van der Waals surface area contributed by atoms with Crippen molar-refractivity contribution in [1.82, 2.24) is 0 Å². The molecule has 2 amide bonds. The van der Waals surface area contributed by atoms with Gasteiger partial charge >= 0.3 is 0 Å². The molecule has 0 fully saturated rings. The first kappa shape index (κ1) is 17.6. The smallest absolute Gasteiger partial charge is 0.233 e. The molecular weight excluding hydrogens is 359 g/mol. The Balaban J connectivity index is 2.00. The maximum absolute atomic E-state index is 12.0. The van der Waals surface area contributed by atoms with Gasteiger partial charge in [0.15, 0.2) is 0 Å². The number of para-hydroxylation sites is 1. The average molecular weight is 372 g/mol. The van der Waals surface area contributed by atoms with Gasteiger partial charge in [0.25, 0.3) is 0 Å². The van der Waals surface area contributed by atoms with E-state index in [1.165, 1.54) is 0 Å². The second kappa shape index (κ2) is 7.68. The topological polar surface area (TPSA) is 58.2 Å². The molecule has 0 unspecified atom stereocenters. The molecule has 0 aromatic heterocycles. The Morgan fingerprint density at radius 3 is 2.22 bits per heavy atom. The van der Waals surface area contributed by atoms with E-state index in [1.54, 1.807) is 36.4 Å². The van der Waals surface area contributed by atoms with E-state index in [2.05, 4.69) is 10.6 Å². The van der Waals surface area contributed by atoms with Gasteiger partial charge in [-0.1, -0.05) is 46.9 Å². The number of rotatable bonds is 4. The molecular formula is C16H13Cl3N2O2. The van der Waals surface area contributed by atoms with E-state index in [1.807, 2.05) is 6.92 Å². The van der Waals surface area contributed by atoms with Crippen molar-refractivity contribution in [2.75, 3.05) is 10.6 Å². The molecule has 23 heavy (non-hydrogen) atoms. The van der Waals surface area contributed by atoms with Crippen LogP contribution >= 0.6 is 34.8 Å². The Morgan fingerprint density at radius 1 is 0.957 bits per heavy atom. The number of carbonyl (C=O) groups is 2. The van der Waals surface area contributed by atoms with Crippen LogP contribution in [-0.4, -0.2) is 11.8 Å². The minimum absolute atomic E-state index is 0.285. The van der Waals surface area contributed by atoms with Crippen LogP contribution in [0.15, 0.2) is 36.4 Å². The highest BCUT2D eigenvalue weighted by molar-refractivity contribution is 6.39. The molecule has 0 saturated heterocycles. The van der Waals surface area contributed by atoms with Gasteiger partial charge in [-0.2, -0.15) is 0 Å². The van der Waals surface area contributed by atoms with Crippen molar-refractivity contribution in [2.24, 2.45) is 0 Å². The summed E-state index contributed by atoms with van der Waals surface area (Å²) in [7, 11) is 0. The summed E-state index contributed by atoms with van der Waals surface area (Å²) < 4.78 is 0. The van der Waals surface area contributed by atoms with E-state index in [4.69, 9.17) is 34.8 Å². The maximum Gasteiger partial charge on any atom is 0.233 e. The monoisotopic (exact) mass is 370 g/mol. The third-order valence-corrected chi connectivity index (χ3v) is 3.89. The zero-order valence-electron chi connectivity index (χ0n) is 12.1. The molecule has 0 saturated carbocycles. The van der Waals surface area contributed by atoms with Gasteiger partial charge in [0.1, 0.15) is 6.42 Å².